The van der Waals surface area contributed by atoms with Crippen molar-refractivity contribution in [1.29, 1.82) is 0 Å². The first-order valence-electron chi connectivity index (χ1n) is 3.52. The minimum absolute atomic E-state index is 0.344. The molecule has 1 unspecified atom stereocenters. The Kier molecular flexibility index (Phi) is 3.41. The maximum absolute atomic E-state index is 5.42. The summed E-state index contributed by atoms with van der Waals surface area (Å²) in [6.07, 6.45) is 0. The Bertz CT molecular complexity index is 186. The third kappa shape index (κ3) is 2.92. The largest absolute Gasteiger partial charge is 0.329 e. The molecule has 3 N–H and O–H groups in total. The number of rotatable bonds is 4. The minimum atomic E-state index is 0.344. The van der Waals surface area contributed by atoms with Crippen LogP contribution >= 0.6 is 11.5 Å². The molecule has 0 aliphatic rings. The van der Waals surface area contributed by atoms with E-state index in [9.17, 15) is 0 Å². The van der Waals surface area contributed by atoms with Crippen LogP contribution in [0.4, 0.5) is 0 Å². The number of hydrogen-bond acceptors (Lipinski definition) is 5. The molecule has 0 aliphatic heterocycles. The Hall–Kier alpha value is -0.520. The van der Waals surface area contributed by atoms with E-state index in [2.05, 4.69) is 14.9 Å². The Morgan fingerprint density at radius 3 is 3.18 bits per heavy atom. The van der Waals surface area contributed by atoms with Crippen LogP contribution in [0.25, 0.3) is 0 Å². The second-order valence-electron chi connectivity index (χ2n) is 2.41. The fraction of sp³-hybridized carbons (Fsp3) is 0.667. The molecular weight excluding hydrogens is 160 g/mol. The van der Waals surface area contributed by atoms with Gasteiger partial charge in [0.1, 0.15) is 0 Å². The van der Waals surface area contributed by atoms with Gasteiger partial charge >= 0.3 is 0 Å². The van der Waals surface area contributed by atoms with Crippen molar-refractivity contribution in [2.24, 2.45) is 5.73 Å². The number of nitrogens with one attached hydrogen (secondary N) is 1. The normalized spacial score (nSPS) is 13.3. The molecule has 5 heteroatoms. The van der Waals surface area contributed by atoms with Crippen LogP contribution in [0.2, 0.25) is 0 Å². The van der Waals surface area contributed by atoms with E-state index in [-0.39, 0.29) is 0 Å². The fourth-order valence-corrected chi connectivity index (χ4v) is 1.07. The second kappa shape index (κ2) is 4.38. The molecule has 0 radical (unpaired) electrons. The highest BCUT2D eigenvalue weighted by atomic mass is 32.1. The van der Waals surface area contributed by atoms with E-state index >= 15 is 0 Å². The maximum atomic E-state index is 5.42. The van der Waals surface area contributed by atoms with E-state index < -0.39 is 0 Å². The lowest BCUT2D eigenvalue weighted by molar-refractivity contribution is 0.550. The van der Waals surface area contributed by atoms with Gasteiger partial charge in [0.2, 0.25) is 0 Å². The van der Waals surface area contributed by atoms with Crippen LogP contribution in [0.5, 0.6) is 0 Å². The first-order valence-corrected chi connectivity index (χ1v) is 4.36. The Morgan fingerprint density at radius 2 is 2.64 bits per heavy atom. The lowest BCUT2D eigenvalue weighted by Crippen LogP contribution is -2.32. The van der Waals surface area contributed by atoms with Crippen molar-refractivity contribution in [1.82, 2.24) is 14.9 Å². The smallest absolute Gasteiger partial charge is 0.0893 e. The van der Waals surface area contributed by atoms with Crippen molar-refractivity contribution in [3.63, 3.8) is 0 Å². The highest BCUT2D eigenvalue weighted by molar-refractivity contribution is 7.03. The average Bonchev–Trinajstić information content (AvgIpc) is 2.52. The summed E-state index contributed by atoms with van der Waals surface area (Å²) in [5.74, 6) is 0. The molecule has 1 aromatic heterocycles. The maximum Gasteiger partial charge on any atom is 0.0893 e. The average molecular weight is 172 g/mol. The van der Waals surface area contributed by atoms with Gasteiger partial charge in [-0.2, -0.15) is 0 Å². The summed E-state index contributed by atoms with van der Waals surface area (Å²) in [6.45, 7) is 3.45. The van der Waals surface area contributed by atoms with Gasteiger partial charge < -0.3 is 11.1 Å². The molecule has 0 saturated carbocycles. The van der Waals surface area contributed by atoms with Crippen molar-refractivity contribution in [2.75, 3.05) is 6.54 Å². The molecule has 1 rings (SSSR count). The summed E-state index contributed by atoms with van der Waals surface area (Å²) >= 11 is 1.37. The number of nitrogens with two attached hydrogens (primary N) is 1. The van der Waals surface area contributed by atoms with Crippen LogP contribution in [0.15, 0.2) is 5.38 Å². The standard InChI is InChI=1S/C6H12N4S/c1-5(2-7)8-3-6-4-11-10-9-6/h4-5,8H,2-3,7H2,1H3. The molecule has 0 saturated heterocycles. The van der Waals surface area contributed by atoms with E-state index in [4.69, 9.17) is 5.73 Å². The molecule has 11 heavy (non-hydrogen) atoms. The summed E-state index contributed by atoms with van der Waals surface area (Å²) in [6, 6.07) is 0.344. The van der Waals surface area contributed by atoms with Gasteiger partial charge in [-0.1, -0.05) is 4.49 Å². The van der Waals surface area contributed by atoms with Gasteiger partial charge in [0.05, 0.1) is 5.69 Å². The van der Waals surface area contributed by atoms with Crippen molar-refractivity contribution in [3.05, 3.63) is 11.1 Å². The van der Waals surface area contributed by atoms with Crippen molar-refractivity contribution >= 4 is 11.5 Å². The molecule has 0 amide bonds. The molecule has 0 aromatic carbocycles. The molecular formula is C6H12N4S. The van der Waals surface area contributed by atoms with E-state index in [1.807, 2.05) is 12.3 Å². The van der Waals surface area contributed by atoms with Crippen molar-refractivity contribution in [2.45, 2.75) is 19.5 Å². The quantitative estimate of drug-likeness (QED) is 0.669. The zero-order valence-electron chi connectivity index (χ0n) is 6.45. The van der Waals surface area contributed by atoms with Crippen LogP contribution in [-0.2, 0) is 6.54 Å². The zero-order chi connectivity index (χ0) is 8.10. The molecule has 0 fully saturated rings. The number of hydrogen-bond donors (Lipinski definition) is 2. The molecule has 1 aromatic rings. The van der Waals surface area contributed by atoms with Gasteiger partial charge in [-0.05, 0) is 18.5 Å². The van der Waals surface area contributed by atoms with E-state index in [0.29, 0.717) is 12.6 Å². The molecule has 0 aliphatic carbocycles. The van der Waals surface area contributed by atoms with Crippen molar-refractivity contribution in [3.8, 4) is 0 Å². The van der Waals surface area contributed by atoms with Gasteiger partial charge in [-0.3, -0.25) is 0 Å². The van der Waals surface area contributed by atoms with Crippen molar-refractivity contribution < 1.29 is 0 Å². The molecule has 1 heterocycles. The van der Waals surface area contributed by atoms with Crippen LogP contribution in [0.1, 0.15) is 12.6 Å². The number of aromatic nitrogens is 2. The van der Waals surface area contributed by atoms with E-state index in [0.717, 1.165) is 12.2 Å². The van der Waals surface area contributed by atoms with Crippen LogP contribution < -0.4 is 11.1 Å². The first-order chi connectivity index (χ1) is 5.33. The Labute approximate surface area is 70.0 Å². The van der Waals surface area contributed by atoms with E-state index in [1.54, 1.807) is 0 Å². The highest BCUT2D eigenvalue weighted by Crippen LogP contribution is 1.95. The summed E-state index contributed by atoms with van der Waals surface area (Å²) in [5, 5.41) is 9.03. The Balaban J connectivity index is 2.23. The molecule has 4 nitrogen and oxygen atoms in total. The molecule has 1 atom stereocenters. The van der Waals surface area contributed by atoms with Crippen LogP contribution in [0, 0.1) is 0 Å². The van der Waals surface area contributed by atoms with Gasteiger partial charge in [-0.25, -0.2) is 0 Å². The van der Waals surface area contributed by atoms with Gasteiger partial charge in [-0.15, -0.1) is 5.10 Å². The van der Waals surface area contributed by atoms with Gasteiger partial charge in [0.25, 0.3) is 0 Å². The van der Waals surface area contributed by atoms with Gasteiger partial charge in [0.15, 0.2) is 0 Å². The fourth-order valence-electron chi connectivity index (χ4n) is 0.623. The SMILES string of the molecule is CC(CN)NCc1csnn1. The van der Waals surface area contributed by atoms with E-state index in [1.165, 1.54) is 11.5 Å². The lowest BCUT2D eigenvalue weighted by atomic mass is 10.3. The van der Waals surface area contributed by atoms with Crippen LogP contribution in [-0.4, -0.2) is 22.2 Å². The van der Waals surface area contributed by atoms with Gasteiger partial charge in [0, 0.05) is 24.5 Å². The lowest BCUT2D eigenvalue weighted by Gasteiger charge is -2.08. The predicted molar refractivity (Wildman–Crippen MR) is 45.3 cm³/mol. The molecule has 62 valence electrons. The second-order valence-corrected chi connectivity index (χ2v) is 3.02. The third-order valence-corrected chi connectivity index (χ3v) is 1.94. The zero-order valence-corrected chi connectivity index (χ0v) is 7.27. The third-order valence-electron chi connectivity index (χ3n) is 1.39. The Morgan fingerprint density at radius 1 is 1.82 bits per heavy atom. The summed E-state index contributed by atoms with van der Waals surface area (Å²) in [7, 11) is 0. The number of nitrogens with zero attached hydrogens (tertiary/aromatic N) is 2. The summed E-state index contributed by atoms with van der Waals surface area (Å²) in [4.78, 5) is 0. The first kappa shape index (κ1) is 8.58. The molecule has 0 bridgehead atoms. The summed E-state index contributed by atoms with van der Waals surface area (Å²) in [5.41, 5.74) is 6.40. The molecule has 0 spiro atoms. The minimum Gasteiger partial charge on any atom is -0.329 e. The highest BCUT2D eigenvalue weighted by Gasteiger charge is 1.99. The predicted octanol–water partition coefficient (Wildman–Crippen LogP) is -0.0251. The topological polar surface area (TPSA) is 63.8 Å². The van der Waals surface area contributed by atoms with Crippen LogP contribution in [0.3, 0.4) is 0 Å². The summed E-state index contributed by atoms with van der Waals surface area (Å²) < 4.78 is 3.75. The monoisotopic (exact) mass is 172 g/mol.